The third-order valence-corrected chi connectivity index (χ3v) is 5.44. The number of carbonyl (C=O) groups is 1. The SMILES string of the molecule is CSCC(C)CN1C(=O)C2(CC2)NC1c1ccc(Cl)cc1. The highest BCUT2D eigenvalue weighted by Gasteiger charge is 2.59. The highest BCUT2D eigenvalue weighted by atomic mass is 35.5. The highest BCUT2D eigenvalue weighted by molar-refractivity contribution is 7.98. The lowest BCUT2D eigenvalue weighted by Gasteiger charge is -2.27. The van der Waals surface area contributed by atoms with Gasteiger partial charge in [0.1, 0.15) is 11.7 Å². The number of benzene rings is 1. The Kier molecular flexibility index (Phi) is 4.21. The molecule has 1 saturated carbocycles. The molecular weight excluding hydrogens is 304 g/mol. The van der Waals surface area contributed by atoms with E-state index in [1.807, 2.05) is 40.9 Å². The lowest BCUT2D eigenvalue weighted by atomic mass is 10.1. The van der Waals surface area contributed by atoms with Crippen molar-refractivity contribution < 1.29 is 4.79 Å². The second kappa shape index (κ2) is 5.82. The third-order valence-electron chi connectivity index (χ3n) is 4.29. The smallest absolute Gasteiger partial charge is 0.244 e. The molecule has 0 aromatic heterocycles. The van der Waals surface area contributed by atoms with Crippen molar-refractivity contribution in [3.05, 3.63) is 34.9 Å². The summed E-state index contributed by atoms with van der Waals surface area (Å²) in [6.45, 7) is 3.02. The van der Waals surface area contributed by atoms with Crippen LogP contribution in [0.25, 0.3) is 0 Å². The van der Waals surface area contributed by atoms with Crippen molar-refractivity contribution in [3.8, 4) is 0 Å². The van der Waals surface area contributed by atoms with Crippen LogP contribution in [0.1, 0.15) is 31.5 Å². The zero-order valence-corrected chi connectivity index (χ0v) is 14.0. The van der Waals surface area contributed by atoms with Crippen molar-refractivity contribution in [1.82, 2.24) is 10.2 Å². The molecule has 3 nitrogen and oxygen atoms in total. The molecule has 114 valence electrons. The van der Waals surface area contributed by atoms with E-state index in [9.17, 15) is 4.79 Å². The molecule has 1 saturated heterocycles. The maximum Gasteiger partial charge on any atom is 0.244 e. The van der Waals surface area contributed by atoms with Crippen molar-refractivity contribution in [1.29, 1.82) is 0 Å². The lowest BCUT2D eigenvalue weighted by molar-refractivity contribution is -0.131. The molecule has 1 aromatic rings. The molecule has 1 heterocycles. The summed E-state index contributed by atoms with van der Waals surface area (Å²) < 4.78 is 0. The summed E-state index contributed by atoms with van der Waals surface area (Å²) in [5, 5.41) is 4.28. The number of carbonyl (C=O) groups excluding carboxylic acids is 1. The van der Waals surface area contributed by atoms with Crippen molar-refractivity contribution in [2.45, 2.75) is 31.5 Å². The normalized spacial score (nSPS) is 24.6. The number of amides is 1. The number of nitrogens with zero attached hydrogens (tertiary/aromatic N) is 1. The Morgan fingerprint density at radius 3 is 2.67 bits per heavy atom. The van der Waals surface area contributed by atoms with Gasteiger partial charge in [-0.1, -0.05) is 30.7 Å². The molecule has 0 bridgehead atoms. The average Bonchev–Trinajstić information content (AvgIpc) is 3.19. The molecule has 2 fully saturated rings. The van der Waals surface area contributed by atoms with Crippen LogP contribution in [0.5, 0.6) is 0 Å². The van der Waals surface area contributed by atoms with Gasteiger partial charge in [-0.2, -0.15) is 11.8 Å². The number of thioether (sulfide) groups is 1. The first-order chi connectivity index (χ1) is 10.1. The van der Waals surface area contributed by atoms with E-state index in [1.165, 1.54) is 0 Å². The maximum absolute atomic E-state index is 12.7. The zero-order chi connectivity index (χ0) is 15.0. The summed E-state index contributed by atoms with van der Waals surface area (Å²) in [6.07, 6.45) is 4.02. The van der Waals surface area contributed by atoms with Crippen LogP contribution in [0.3, 0.4) is 0 Å². The van der Waals surface area contributed by atoms with E-state index in [2.05, 4.69) is 18.5 Å². The molecular formula is C16H21ClN2OS. The monoisotopic (exact) mass is 324 g/mol. The Labute approximate surface area is 135 Å². The predicted molar refractivity (Wildman–Crippen MR) is 88.6 cm³/mol. The van der Waals surface area contributed by atoms with Gasteiger partial charge >= 0.3 is 0 Å². The summed E-state index contributed by atoms with van der Waals surface area (Å²) in [5.74, 6) is 1.84. The topological polar surface area (TPSA) is 32.3 Å². The summed E-state index contributed by atoms with van der Waals surface area (Å²) in [6, 6.07) is 7.82. The van der Waals surface area contributed by atoms with E-state index >= 15 is 0 Å². The minimum Gasteiger partial charge on any atom is -0.321 e. The van der Waals surface area contributed by atoms with Gasteiger partial charge in [-0.25, -0.2) is 0 Å². The quantitative estimate of drug-likeness (QED) is 0.902. The molecule has 0 radical (unpaired) electrons. The third kappa shape index (κ3) is 2.94. The minimum atomic E-state index is -0.274. The largest absolute Gasteiger partial charge is 0.321 e. The van der Waals surface area contributed by atoms with Crippen LogP contribution >= 0.6 is 23.4 Å². The van der Waals surface area contributed by atoms with Gasteiger partial charge in [-0.3, -0.25) is 10.1 Å². The van der Waals surface area contributed by atoms with Crippen LogP contribution in [-0.2, 0) is 4.79 Å². The Balaban J connectivity index is 1.82. The second-order valence-electron chi connectivity index (χ2n) is 6.20. The fourth-order valence-electron chi connectivity index (χ4n) is 3.05. The average molecular weight is 325 g/mol. The highest BCUT2D eigenvalue weighted by Crippen LogP contribution is 2.46. The van der Waals surface area contributed by atoms with Gasteiger partial charge < -0.3 is 4.90 Å². The van der Waals surface area contributed by atoms with Crippen LogP contribution in [0, 0.1) is 5.92 Å². The molecule has 1 aliphatic heterocycles. The Bertz CT molecular complexity index is 530. The maximum atomic E-state index is 12.7. The lowest BCUT2D eigenvalue weighted by Crippen LogP contribution is -2.35. The molecule has 1 N–H and O–H groups in total. The summed E-state index contributed by atoms with van der Waals surface area (Å²) in [7, 11) is 0. The molecule has 2 aliphatic rings. The second-order valence-corrected chi connectivity index (χ2v) is 7.55. The molecule has 5 heteroatoms. The van der Waals surface area contributed by atoms with Gasteiger partial charge in [0.15, 0.2) is 0 Å². The molecule has 2 atom stereocenters. The number of hydrogen-bond donors (Lipinski definition) is 1. The molecule has 1 spiro atoms. The van der Waals surface area contributed by atoms with E-state index in [0.29, 0.717) is 5.92 Å². The number of halogens is 1. The van der Waals surface area contributed by atoms with Crippen LogP contribution in [0.15, 0.2) is 24.3 Å². The Morgan fingerprint density at radius 2 is 2.10 bits per heavy atom. The fraction of sp³-hybridized carbons (Fsp3) is 0.562. The molecule has 21 heavy (non-hydrogen) atoms. The van der Waals surface area contributed by atoms with Crippen molar-refractivity contribution in [3.63, 3.8) is 0 Å². The van der Waals surface area contributed by atoms with E-state index in [0.717, 1.165) is 35.7 Å². The first-order valence-electron chi connectivity index (χ1n) is 7.39. The molecule has 1 aromatic carbocycles. The summed E-state index contributed by atoms with van der Waals surface area (Å²) in [4.78, 5) is 14.7. The van der Waals surface area contributed by atoms with Gasteiger partial charge in [-0.05, 0) is 48.5 Å². The van der Waals surface area contributed by atoms with Crippen molar-refractivity contribution in [2.75, 3.05) is 18.6 Å². The molecule has 2 unspecified atom stereocenters. The first kappa shape index (κ1) is 15.2. The van der Waals surface area contributed by atoms with Crippen LogP contribution < -0.4 is 5.32 Å². The summed E-state index contributed by atoms with van der Waals surface area (Å²) in [5.41, 5.74) is 0.844. The van der Waals surface area contributed by atoms with Crippen LogP contribution in [-0.4, -0.2) is 34.9 Å². The van der Waals surface area contributed by atoms with Crippen molar-refractivity contribution >= 4 is 29.3 Å². The number of nitrogens with one attached hydrogen (secondary N) is 1. The van der Waals surface area contributed by atoms with Crippen LogP contribution in [0.4, 0.5) is 0 Å². The van der Waals surface area contributed by atoms with Gasteiger partial charge in [-0.15, -0.1) is 0 Å². The van der Waals surface area contributed by atoms with E-state index < -0.39 is 0 Å². The minimum absolute atomic E-state index is 0.0124. The molecule has 1 aliphatic carbocycles. The standard InChI is InChI=1S/C16H21ClN2OS/c1-11(10-21-2)9-19-14(12-3-5-13(17)6-4-12)18-16(7-8-16)15(19)20/h3-6,11,14,18H,7-10H2,1-2H3. The van der Waals surface area contributed by atoms with E-state index in [4.69, 9.17) is 11.6 Å². The van der Waals surface area contributed by atoms with Gasteiger partial charge in [0.05, 0.1) is 0 Å². The van der Waals surface area contributed by atoms with Crippen LogP contribution in [0.2, 0.25) is 5.02 Å². The fourth-order valence-corrected chi connectivity index (χ4v) is 3.85. The predicted octanol–water partition coefficient (Wildman–Crippen LogP) is 3.30. The van der Waals surface area contributed by atoms with Crippen molar-refractivity contribution in [2.24, 2.45) is 5.92 Å². The van der Waals surface area contributed by atoms with Gasteiger partial charge in [0.25, 0.3) is 0 Å². The van der Waals surface area contributed by atoms with E-state index in [1.54, 1.807) is 0 Å². The number of rotatable bonds is 5. The Hall–Kier alpha value is -0.710. The van der Waals surface area contributed by atoms with Gasteiger partial charge in [0.2, 0.25) is 5.91 Å². The summed E-state index contributed by atoms with van der Waals surface area (Å²) >= 11 is 7.81. The van der Waals surface area contributed by atoms with E-state index in [-0.39, 0.29) is 17.6 Å². The zero-order valence-electron chi connectivity index (χ0n) is 12.4. The Morgan fingerprint density at radius 1 is 1.43 bits per heavy atom. The molecule has 1 amide bonds. The number of hydrogen-bond acceptors (Lipinski definition) is 3. The molecule has 3 rings (SSSR count). The first-order valence-corrected chi connectivity index (χ1v) is 9.16. The van der Waals surface area contributed by atoms with Gasteiger partial charge in [0, 0.05) is 11.6 Å².